The van der Waals surface area contributed by atoms with E-state index in [9.17, 15) is 24.1 Å². The van der Waals surface area contributed by atoms with Crippen molar-refractivity contribution in [3.05, 3.63) is 74.5 Å². The van der Waals surface area contributed by atoms with Crippen molar-refractivity contribution in [1.29, 1.82) is 0 Å². The molecule has 0 bridgehead atoms. The first kappa shape index (κ1) is 22.2. The van der Waals surface area contributed by atoms with Crippen LogP contribution in [0.3, 0.4) is 0 Å². The third-order valence-corrected chi connectivity index (χ3v) is 5.00. The predicted molar refractivity (Wildman–Crippen MR) is 112 cm³/mol. The molecule has 9 nitrogen and oxygen atoms in total. The topological polar surface area (TPSA) is 111 Å². The molecule has 0 aliphatic rings. The van der Waals surface area contributed by atoms with Gasteiger partial charge < -0.3 is 14.6 Å². The van der Waals surface area contributed by atoms with E-state index in [1.54, 1.807) is 12.1 Å². The summed E-state index contributed by atoms with van der Waals surface area (Å²) in [5.74, 6) is -1.16. The molecule has 0 spiro atoms. The number of aromatic nitrogens is 1. The number of nitrogens with one attached hydrogen (secondary N) is 1. The van der Waals surface area contributed by atoms with Crippen LogP contribution in [0.1, 0.15) is 24.4 Å². The number of nitro groups is 1. The van der Waals surface area contributed by atoms with Gasteiger partial charge in [-0.15, -0.1) is 0 Å². The quantitative estimate of drug-likeness (QED) is 0.413. The Labute approximate surface area is 177 Å². The first-order valence-electron chi connectivity index (χ1n) is 9.72. The number of hydrogen-bond acceptors (Lipinski definition) is 6. The minimum absolute atomic E-state index is 0.132. The SMILES string of the molecule is CN(C)C(CNC(=O)CCCn1c(=O)oc2cc([N+](=O)[O-])ccc21)c1cccc(F)c1. The summed E-state index contributed by atoms with van der Waals surface area (Å²) in [6.07, 6.45) is 0.555. The van der Waals surface area contributed by atoms with E-state index in [-0.39, 0.29) is 42.0 Å². The summed E-state index contributed by atoms with van der Waals surface area (Å²) < 4.78 is 19.9. The van der Waals surface area contributed by atoms with Crippen LogP contribution in [-0.2, 0) is 11.3 Å². The zero-order valence-corrected chi connectivity index (χ0v) is 17.2. The highest BCUT2D eigenvalue weighted by atomic mass is 19.1. The van der Waals surface area contributed by atoms with Crippen molar-refractivity contribution in [3.8, 4) is 0 Å². The number of hydrogen-bond donors (Lipinski definition) is 1. The average molecular weight is 430 g/mol. The van der Waals surface area contributed by atoms with Crippen LogP contribution in [0, 0.1) is 15.9 Å². The number of rotatable bonds is 9. The van der Waals surface area contributed by atoms with Crippen molar-refractivity contribution in [2.45, 2.75) is 25.4 Å². The Bertz CT molecular complexity index is 1150. The number of aryl methyl sites for hydroxylation is 1. The summed E-state index contributed by atoms with van der Waals surface area (Å²) in [6, 6.07) is 10.0. The van der Waals surface area contributed by atoms with Crippen molar-refractivity contribution >= 4 is 22.7 Å². The molecule has 0 saturated carbocycles. The minimum Gasteiger partial charge on any atom is -0.407 e. The highest BCUT2D eigenvalue weighted by Gasteiger charge is 2.17. The van der Waals surface area contributed by atoms with E-state index in [0.29, 0.717) is 18.5 Å². The fraction of sp³-hybridized carbons (Fsp3) is 0.333. The molecule has 3 rings (SSSR count). The number of halogens is 1. The number of carbonyl (C=O) groups is 1. The van der Waals surface area contributed by atoms with Gasteiger partial charge in [0, 0.05) is 25.6 Å². The Kier molecular flexibility index (Phi) is 6.81. The normalized spacial score (nSPS) is 12.3. The van der Waals surface area contributed by atoms with Crippen molar-refractivity contribution in [1.82, 2.24) is 14.8 Å². The number of fused-ring (bicyclic) bond motifs is 1. The number of nitrogens with zero attached hydrogens (tertiary/aromatic N) is 3. The fourth-order valence-corrected chi connectivity index (χ4v) is 3.39. The summed E-state index contributed by atoms with van der Waals surface area (Å²) in [5, 5.41) is 13.7. The van der Waals surface area contributed by atoms with Gasteiger partial charge in [0.05, 0.1) is 22.5 Å². The molecule has 2 aromatic carbocycles. The first-order valence-corrected chi connectivity index (χ1v) is 9.72. The van der Waals surface area contributed by atoms with Gasteiger partial charge in [0.25, 0.3) is 5.69 Å². The van der Waals surface area contributed by atoms with Crippen LogP contribution in [0.5, 0.6) is 0 Å². The molecule has 10 heteroatoms. The molecule has 1 heterocycles. The second kappa shape index (κ2) is 9.52. The highest BCUT2D eigenvalue weighted by molar-refractivity contribution is 5.76. The molecule has 1 N–H and O–H groups in total. The van der Waals surface area contributed by atoms with Gasteiger partial charge in [0.1, 0.15) is 5.82 Å². The number of benzene rings is 2. The van der Waals surface area contributed by atoms with Crippen LogP contribution in [0.25, 0.3) is 11.1 Å². The maximum absolute atomic E-state index is 13.5. The number of likely N-dealkylation sites (N-methyl/N-ethyl adjacent to an activating group) is 1. The van der Waals surface area contributed by atoms with E-state index in [1.165, 1.54) is 34.9 Å². The molecule has 1 aromatic heterocycles. The molecule has 31 heavy (non-hydrogen) atoms. The van der Waals surface area contributed by atoms with Gasteiger partial charge in [-0.1, -0.05) is 12.1 Å². The minimum atomic E-state index is -0.630. The van der Waals surface area contributed by atoms with Crippen molar-refractivity contribution in [3.63, 3.8) is 0 Å². The maximum Gasteiger partial charge on any atom is 0.419 e. The van der Waals surface area contributed by atoms with Crippen LogP contribution in [0.4, 0.5) is 10.1 Å². The number of non-ortho nitro benzene ring substituents is 1. The molecule has 0 fully saturated rings. The van der Waals surface area contributed by atoms with Crippen LogP contribution >= 0.6 is 0 Å². The van der Waals surface area contributed by atoms with Crippen LogP contribution < -0.4 is 11.1 Å². The smallest absolute Gasteiger partial charge is 0.407 e. The summed E-state index contributed by atoms with van der Waals surface area (Å²) in [6.45, 7) is 0.547. The average Bonchev–Trinajstić information content (AvgIpc) is 3.02. The van der Waals surface area contributed by atoms with Crippen molar-refractivity contribution < 1.29 is 18.5 Å². The van der Waals surface area contributed by atoms with Crippen LogP contribution in [-0.4, -0.2) is 40.9 Å². The lowest BCUT2D eigenvalue weighted by Gasteiger charge is -2.25. The largest absolute Gasteiger partial charge is 0.419 e. The second-order valence-electron chi connectivity index (χ2n) is 7.37. The van der Waals surface area contributed by atoms with Gasteiger partial charge in [0.2, 0.25) is 5.91 Å². The Morgan fingerprint density at radius 2 is 2.06 bits per heavy atom. The number of amides is 1. The van der Waals surface area contributed by atoms with Crippen molar-refractivity contribution in [2.24, 2.45) is 0 Å². The number of carbonyl (C=O) groups excluding carboxylic acids is 1. The highest BCUT2D eigenvalue weighted by Crippen LogP contribution is 2.21. The van der Waals surface area contributed by atoms with Gasteiger partial charge in [-0.05, 0) is 44.3 Å². The third-order valence-electron chi connectivity index (χ3n) is 5.00. The van der Waals surface area contributed by atoms with E-state index in [2.05, 4.69) is 5.32 Å². The Morgan fingerprint density at radius 3 is 2.74 bits per heavy atom. The Morgan fingerprint density at radius 1 is 1.29 bits per heavy atom. The van der Waals surface area contributed by atoms with Crippen LogP contribution in [0.15, 0.2) is 51.7 Å². The number of oxazole rings is 1. The maximum atomic E-state index is 13.5. The Balaban J connectivity index is 1.57. The van der Waals surface area contributed by atoms with Crippen molar-refractivity contribution in [2.75, 3.05) is 20.6 Å². The molecular weight excluding hydrogens is 407 g/mol. The van der Waals surface area contributed by atoms with Crippen LogP contribution in [0.2, 0.25) is 0 Å². The first-order chi connectivity index (χ1) is 14.8. The zero-order valence-electron chi connectivity index (χ0n) is 17.2. The third kappa shape index (κ3) is 5.34. The molecule has 164 valence electrons. The summed E-state index contributed by atoms with van der Waals surface area (Å²) in [7, 11) is 3.70. The van der Waals surface area contributed by atoms with Gasteiger partial charge >= 0.3 is 5.76 Å². The lowest BCUT2D eigenvalue weighted by atomic mass is 10.1. The molecule has 1 amide bonds. The number of nitro benzene ring substituents is 1. The molecule has 0 radical (unpaired) electrons. The monoisotopic (exact) mass is 430 g/mol. The predicted octanol–water partition coefficient (Wildman–Crippen LogP) is 2.84. The molecule has 1 unspecified atom stereocenters. The standard InChI is InChI=1S/C21H23FN4O5/c1-24(2)18(14-5-3-6-15(22)11-14)13-23-20(27)7-4-10-25-17-9-8-16(26(29)30)12-19(17)31-21(25)28/h3,5-6,8-9,11-12,18H,4,7,10,13H2,1-2H3,(H,23,27). The molecule has 0 aliphatic heterocycles. The molecule has 3 aromatic rings. The second-order valence-corrected chi connectivity index (χ2v) is 7.37. The van der Waals surface area contributed by atoms with Gasteiger partial charge in [0.15, 0.2) is 5.58 Å². The van der Waals surface area contributed by atoms with E-state index >= 15 is 0 Å². The molecule has 1 atom stereocenters. The van der Waals surface area contributed by atoms with E-state index in [1.807, 2.05) is 19.0 Å². The Hall–Kier alpha value is -3.53. The zero-order chi connectivity index (χ0) is 22.5. The molecular formula is C21H23FN4O5. The summed E-state index contributed by atoms with van der Waals surface area (Å²) in [5.41, 5.74) is 1.17. The molecule has 0 saturated heterocycles. The fourth-order valence-electron chi connectivity index (χ4n) is 3.39. The summed E-state index contributed by atoms with van der Waals surface area (Å²) >= 11 is 0. The van der Waals surface area contributed by atoms with E-state index in [0.717, 1.165) is 5.56 Å². The van der Waals surface area contributed by atoms with E-state index in [4.69, 9.17) is 4.42 Å². The van der Waals surface area contributed by atoms with E-state index < -0.39 is 10.7 Å². The lowest BCUT2D eigenvalue weighted by Crippen LogP contribution is -2.34. The van der Waals surface area contributed by atoms with Gasteiger partial charge in [-0.2, -0.15) is 0 Å². The van der Waals surface area contributed by atoms with Gasteiger partial charge in [-0.25, -0.2) is 9.18 Å². The van der Waals surface area contributed by atoms with Gasteiger partial charge in [-0.3, -0.25) is 19.5 Å². The molecule has 0 aliphatic carbocycles. The lowest BCUT2D eigenvalue weighted by molar-refractivity contribution is -0.384. The summed E-state index contributed by atoms with van der Waals surface area (Å²) in [4.78, 5) is 36.5.